The predicted octanol–water partition coefficient (Wildman–Crippen LogP) is 5.77. The summed E-state index contributed by atoms with van der Waals surface area (Å²) in [4.78, 5) is 14.1. The van der Waals surface area contributed by atoms with Crippen LogP contribution in [0, 0.1) is 6.92 Å². The molecule has 0 saturated carbocycles. The Bertz CT molecular complexity index is 1260. The van der Waals surface area contributed by atoms with E-state index in [1.165, 1.54) is 4.80 Å². The van der Waals surface area contributed by atoms with Crippen LogP contribution >= 0.6 is 0 Å². The highest BCUT2D eigenvalue weighted by atomic mass is 16.3. The normalized spacial score (nSPS) is 11.5. The van der Waals surface area contributed by atoms with Crippen molar-refractivity contribution in [3.8, 4) is 11.4 Å². The number of anilines is 2. The number of aryl methyl sites for hydroxylation is 1. The van der Waals surface area contributed by atoms with Crippen molar-refractivity contribution in [1.82, 2.24) is 15.0 Å². The summed E-state index contributed by atoms with van der Waals surface area (Å²) in [6, 6.07) is 18.3. The lowest BCUT2D eigenvalue weighted by atomic mass is 9.81. The number of carbonyl (C=O) groups excluding carboxylic acids is 1. The Morgan fingerprint density at radius 2 is 1.69 bits per heavy atom. The largest absolute Gasteiger partial charge is 0.504 e. The maximum Gasteiger partial charge on any atom is 0.323 e. The molecule has 1 heterocycles. The minimum Gasteiger partial charge on any atom is -0.504 e. The molecule has 0 spiro atoms. The number of fused-ring (bicyclic) bond motifs is 1. The van der Waals surface area contributed by atoms with Gasteiger partial charge in [-0.2, -0.15) is 0 Å². The molecule has 0 aliphatic carbocycles. The Morgan fingerprint density at radius 3 is 2.31 bits per heavy atom. The number of nitrogens with zero attached hydrogens (tertiary/aromatic N) is 3. The highest BCUT2D eigenvalue weighted by Crippen LogP contribution is 2.38. The third kappa shape index (κ3) is 4.27. The maximum atomic E-state index is 12.7. The van der Waals surface area contributed by atoms with Gasteiger partial charge in [-0.1, -0.05) is 45.0 Å². The molecule has 0 radical (unpaired) electrons. The number of carbonyl (C=O) groups is 1. The molecule has 2 amide bonds. The van der Waals surface area contributed by atoms with Crippen molar-refractivity contribution in [3.63, 3.8) is 0 Å². The fourth-order valence-corrected chi connectivity index (χ4v) is 3.44. The van der Waals surface area contributed by atoms with E-state index in [0.29, 0.717) is 17.1 Å². The lowest BCUT2D eigenvalue weighted by molar-refractivity contribution is 0.262. The first-order valence-corrected chi connectivity index (χ1v) is 10.6. The van der Waals surface area contributed by atoms with Crippen LogP contribution in [0.3, 0.4) is 0 Å². The van der Waals surface area contributed by atoms with Gasteiger partial charge in [0.05, 0.1) is 5.69 Å². The van der Waals surface area contributed by atoms with E-state index in [0.717, 1.165) is 28.6 Å². The van der Waals surface area contributed by atoms with E-state index in [1.807, 2.05) is 61.5 Å². The number of rotatable bonds is 5. The summed E-state index contributed by atoms with van der Waals surface area (Å²) < 4.78 is 0. The van der Waals surface area contributed by atoms with E-state index in [4.69, 9.17) is 0 Å². The molecular formula is C25H27N5O2. The molecular weight excluding hydrogens is 402 g/mol. The Labute approximate surface area is 187 Å². The second kappa shape index (κ2) is 8.34. The molecule has 0 fully saturated rings. The first kappa shape index (κ1) is 21.4. The second-order valence-electron chi connectivity index (χ2n) is 8.56. The molecule has 0 atom stereocenters. The highest BCUT2D eigenvalue weighted by Gasteiger charge is 2.24. The van der Waals surface area contributed by atoms with Crippen LogP contribution in [0.15, 0.2) is 60.7 Å². The van der Waals surface area contributed by atoms with Gasteiger partial charge in [-0.3, -0.25) is 0 Å². The molecule has 32 heavy (non-hydrogen) atoms. The summed E-state index contributed by atoms with van der Waals surface area (Å²) in [7, 11) is 0. The number of aromatic nitrogens is 3. The van der Waals surface area contributed by atoms with Gasteiger partial charge in [0.1, 0.15) is 16.7 Å². The Morgan fingerprint density at radius 1 is 1.00 bits per heavy atom. The molecule has 3 aromatic carbocycles. The average molecular weight is 430 g/mol. The molecule has 7 heteroatoms. The second-order valence-corrected chi connectivity index (χ2v) is 8.56. The minimum absolute atomic E-state index is 0.0969. The van der Waals surface area contributed by atoms with E-state index in [-0.39, 0.29) is 11.2 Å². The molecule has 7 nitrogen and oxygen atoms in total. The fourth-order valence-electron chi connectivity index (χ4n) is 3.44. The van der Waals surface area contributed by atoms with Crippen molar-refractivity contribution in [2.45, 2.75) is 39.5 Å². The minimum atomic E-state index is -0.443. The summed E-state index contributed by atoms with van der Waals surface area (Å²) in [5.74, 6) is -0.0969. The zero-order chi connectivity index (χ0) is 22.9. The zero-order valence-electron chi connectivity index (χ0n) is 18.7. The van der Waals surface area contributed by atoms with E-state index in [2.05, 4.69) is 41.6 Å². The van der Waals surface area contributed by atoms with Gasteiger partial charge in [0.2, 0.25) is 0 Å². The molecule has 164 valence electrons. The van der Waals surface area contributed by atoms with E-state index < -0.39 is 6.03 Å². The molecule has 3 N–H and O–H groups in total. The van der Waals surface area contributed by atoms with Gasteiger partial charge in [0, 0.05) is 5.69 Å². The summed E-state index contributed by atoms with van der Waals surface area (Å²) in [5.41, 5.74) is 4.64. The SMILES string of the molecule is CCC(C)(C)c1cc(NC(=O)Nc2cccc(C)c2)c(O)c(-n2nc3ccccc3n2)c1. The number of phenols is 1. The van der Waals surface area contributed by atoms with Crippen molar-refractivity contribution in [1.29, 1.82) is 0 Å². The topological polar surface area (TPSA) is 92.1 Å². The van der Waals surface area contributed by atoms with E-state index >= 15 is 0 Å². The van der Waals surface area contributed by atoms with Crippen molar-refractivity contribution in [2.24, 2.45) is 0 Å². The number of aromatic hydroxyl groups is 1. The Hall–Kier alpha value is -3.87. The van der Waals surface area contributed by atoms with Crippen LogP contribution in [-0.2, 0) is 5.41 Å². The van der Waals surface area contributed by atoms with Gasteiger partial charge < -0.3 is 15.7 Å². The van der Waals surface area contributed by atoms with Crippen LogP contribution < -0.4 is 10.6 Å². The average Bonchev–Trinajstić information content (AvgIpc) is 3.19. The third-order valence-electron chi connectivity index (χ3n) is 5.78. The standard InChI is InChI=1S/C25H27N5O2/c1-5-25(3,4)17-14-21(27-24(32)26-18-10-8-9-16(2)13-18)23(31)22(15-17)30-28-19-11-6-7-12-20(19)29-30/h6-15,31H,5H2,1-4H3,(H2,26,27,32). The number of urea groups is 1. The zero-order valence-corrected chi connectivity index (χ0v) is 18.7. The van der Waals surface area contributed by atoms with Crippen molar-refractivity contribution >= 4 is 28.4 Å². The highest BCUT2D eigenvalue weighted by molar-refractivity contribution is 6.01. The van der Waals surface area contributed by atoms with Crippen LogP contribution in [-0.4, -0.2) is 26.1 Å². The van der Waals surface area contributed by atoms with Gasteiger partial charge >= 0.3 is 6.03 Å². The van der Waals surface area contributed by atoms with Crippen molar-refractivity contribution in [2.75, 3.05) is 10.6 Å². The molecule has 0 unspecified atom stereocenters. The number of phenolic OH excluding ortho intramolecular Hbond substituents is 1. The quantitative estimate of drug-likeness (QED) is 0.351. The number of amides is 2. The van der Waals surface area contributed by atoms with Crippen LogP contribution in [0.5, 0.6) is 5.75 Å². The molecule has 4 rings (SSSR count). The van der Waals surface area contributed by atoms with Crippen molar-refractivity contribution < 1.29 is 9.90 Å². The number of hydrogen-bond acceptors (Lipinski definition) is 4. The predicted molar refractivity (Wildman–Crippen MR) is 128 cm³/mol. The molecule has 0 aliphatic rings. The third-order valence-corrected chi connectivity index (χ3v) is 5.78. The first-order valence-electron chi connectivity index (χ1n) is 10.6. The molecule has 0 bridgehead atoms. The van der Waals surface area contributed by atoms with Gasteiger partial charge in [-0.15, -0.1) is 15.0 Å². The van der Waals surface area contributed by atoms with Crippen LogP contribution in [0.1, 0.15) is 38.3 Å². The Kier molecular flexibility index (Phi) is 5.57. The number of hydrogen-bond donors (Lipinski definition) is 3. The Balaban J connectivity index is 1.74. The lowest BCUT2D eigenvalue weighted by Gasteiger charge is -2.25. The van der Waals surface area contributed by atoms with E-state index in [9.17, 15) is 9.90 Å². The van der Waals surface area contributed by atoms with Crippen LogP contribution in [0.25, 0.3) is 16.7 Å². The molecule has 0 saturated heterocycles. The molecule has 1 aromatic heterocycles. The van der Waals surface area contributed by atoms with Gasteiger partial charge in [-0.25, -0.2) is 4.79 Å². The fraction of sp³-hybridized carbons (Fsp3) is 0.240. The number of nitrogens with one attached hydrogen (secondary N) is 2. The number of benzene rings is 3. The molecule has 0 aliphatic heterocycles. The van der Waals surface area contributed by atoms with Gasteiger partial charge in [0.25, 0.3) is 0 Å². The summed E-state index contributed by atoms with van der Waals surface area (Å²) >= 11 is 0. The summed E-state index contributed by atoms with van der Waals surface area (Å²) in [5, 5.41) is 25.7. The van der Waals surface area contributed by atoms with E-state index in [1.54, 1.807) is 6.07 Å². The maximum absolute atomic E-state index is 12.7. The smallest absolute Gasteiger partial charge is 0.323 e. The van der Waals surface area contributed by atoms with Crippen LogP contribution in [0.4, 0.5) is 16.2 Å². The van der Waals surface area contributed by atoms with Crippen LogP contribution in [0.2, 0.25) is 0 Å². The monoisotopic (exact) mass is 429 g/mol. The van der Waals surface area contributed by atoms with Crippen molar-refractivity contribution in [3.05, 3.63) is 71.8 Å². The summed E-state index contributed by atoms with van der Waals surface area (Å²) in [6.45, 7) is 8.29. The van der Waals surface area contributed by atoms with Gasteiger partial charge in [0.15, 0.2) is 5.75 Å². The summed E-state index contributed by atoms with van der Waals surface area (Å²) in [6.07, 6.45) is 0.876. The molecule has 4 aromatic rings. The first-order chi connectivity index (χ1) is 15.3. The lowest BCUT2D eigenvalue weighted by Crippen LogP contribution is -2.21. The van der Waals surface area contributed by atoms with Gasteiger partial charge in [-0.05, 0) is 66.3 Å².